The normalized spacial score (nSPS) is 8.71. The van der Waals surface area contributed by atoms with E-state index in [1.165, 1.54) is 11.0 Å². The van der Waals surface area contributed by atoms with Crippen molar-refractivity contribution in [3.63, 3.8) is 0 Å². The minimum atomic E-state index is 0. The second kappa shape index (κ2) is 8.53. The Labute approximate surface area is 102 Å². The molecule has 0 unspecified atom stereocenters. The van der Waals surface area contributed by atoms with Gasteiger partial charge in [0.2, 0.25) is 7.41 Å². The fourth-order valence-corrected chi connectivity index (χ4v) is 1.43. The fraction of sp³-hybridized carbons (Fsp3) is 0.0769. The highest BCUT2D eigenvalue weighted by Crippen LogP contribution is 1.96. The summed E-state index contributed by atoms with van der Waals surface area (Å²) in [5, 5.41) is 3.29. The Morgan fingerprint density at radius 2 is 1.29 bits per heavy atom. The molecule has 0 bridgehead atoms. The van der Waals surface area contributed by atoms with Gasteiger partial charge in [0.15, 0.2) is 0 Å². The van der Waals surface area contributed by atoms with Gasteiger partial charge in [-0.3, -0.25) is 0 Å². The van der Waals surface area contributed by atoms with Crippen LogP contribution in [0.3, 0.4) is 0 Å². The van der Waals surface area contributed by atoms with Crippen molar-refractivity contribution in [3.8, 4) is 0 Å². The van der Waals surface area contributed by atoms with E-state index < -0.39 is 0 Å². The lowest BCUT2D eigenvalue weighted by molar-refractivity contribution is 0.823. The maximum absolute atomic E-state index is 3.29. The van der Waals surface area contributed by atoms with Crippen molar-refractivity contribution in [1.29, 1.82) is 0 Å². The largest absolute Gasteiger partial charge is 0.412 e. The van der Waals surface area contributed by atoms with Crippen LogP contribution in [0, 0.1) is 0 Å². The third kappa shape index (κ3) is 5.31. The quantitative estimate of drug-likeness (QED) is 0.741. The van der Waals surface area contributed by atoms with Gasteiger partial charge >= 0.3 is 0 Å². The standard InChI is InChI=1S/C13H13BN.2H2O/c1-3-7-12(8-4-1)11-15-14-13-9-5-2-6-10-13;;/h1-10,15H,11H2;2*1H2. The molecule has 0 saturated heterocycles. The van der Waals surface area contributed by atoms with Crippen molar-refractivity contribution in [2.75, 3.05) is 0 Å². The predicted molar refractivity (Wildman–Crippen MR) is 72.3 cm³/mol. The lowest BCUT2D eigenvalue weighted by Gasteiger charge is -2.03. The van der Waals surface area contributed by atoms with Gasteiger partial charge in [0.25, 0.3) is 0 Å². The van der Waals surface area contributed by atoms with Gasteiger partial charge in [-0.05, 0) is 5.56 Å². The molecule has 1 radical (unpaired) electrons. The Morgan fingerprint density at radius 1 is 0.765 bits per heavy atom. The first kappa shape index (κ1) is 15.4. The third-order valence-electron chi connectivity index (χ3n) is 2.22. The zero-order valence-electron chi connectivity index (χ0n) is 9.56. The monoisotopic (exact) mass is 230 g/mol. The van der Waals surface area contributed by atoms with Crippen LogP contribution in [-0.4, -0.2) is 18.4 Å². The lowest BCUT2D eigenvalue weighted by atomic mass is 9.83. The van der Waals surface area contributed by atoms with Gasteiger partial charge < -0.3 is 16.2 Å². The van der Waals surface area contributed by atoms with E-state index in [-0.39, 0.29) is 11.0 Å². The van der Waals surface area contributed by atoms with Gasteiger partial charge in [-0.2, -0.15) is 0 Å². The van der Waals surface area contributed by atoms with Gasteiger partial charge in [-0.1, -0.05) is 66.1 Å². The number of benzene rings is 2. The molecule has 89 valence electrons. The van der Waals surface area contributed by atoms with Crippen LogP contribution in [0.25, 0.3) is 0 Å². The molecule has 4 heteroatoms. The van der Waals surface area contributed by atoms with Gasteiger partial charge in [-0.15, -0.1) is 0 Å². The molecule has 0 atom stereocenters. The summed E-state index contributed by atoms with van der Waals surface area (Å²) in [5.41, 5.74) is 2.50. The van der Waals surface area contributed by atoms with Crippen molar-refractivity contribution >= 4 is 12.9 Å². The highest BCUT2D eigenvalue weighted by atomic mass is 16.0. The van der Waals surface area contributed by atoms with Crippen LogP contribution in [0.5, 0.6) is 0 Å². The van der Waals surface area contributed by atoms with Crippen LogP contribution in [0.15, 0.2) is 60.7 Å². The second-order valence-corrected chi connectivity index (χ2v) is 3.42. The van der Waals surface area contributed by atoms with E-state index in [0.717, 1.165) is 6.54 Å². The van der Waals surface area contributed by atoms with E-state index in [1.54, 1.807) is 0 Å². The molecule has 2 aromatic rings. The van der Waals surface area contributed by atoms with Crippen LogP contribution in [0.4, 0.5) is 0 Å². The van der Waals surface area contributed by atoms with Gasteiger partial charge in [-0.25, -0.2) is 0 Å². The van der Waals surface area contributed by atoms with Crippen LogP contribution < -0.4 is 10.7 Å². The van der Waals surface area contributed by atoms with Gasteiger partial charge in [0.05, 0.1) is 0 Å². The fourth-order valence-electron chi connectivity index (χ4n) is 1.43. The molecule has 0 saturated carbocycles. The van der Waals surface area contributed by atoms with Crippen LogP contribution >= 0.6 is 0 Å². The summed E-state index contributed by atoms with van der Waals surface area (Å²) in [6, 6.07) is 20.6. The van der Waals surface area contributed by atoms with Crippen molar-refractivity contribution in [1.82, 2.24) is 5.23 Å². The zero-order valence-corrected chi connectivity index (χ0v) is 9.56. The lowest BCUT2D eigenvalue weighted by Crippen LogP contribution is -2.29. The molecule has 0 fully saturated rings. The first-order valence-corrected chi connectivity index (χ1v) is 5.11. The number of hydrogen-bond acceptors (Lipinski definition) is 1. The number of nitrogens with one attached hydrogen (secondary N) is 1. The van der Waals surface area contributed by atoms with E-state index in [9.17, 15) is 0 Å². The van der Waals surface area contributed by atoms with Crippen LogP contribution in [0.2, 0.25) is 0 Å². The highest BCUT2D eigenvalue weighted by molar-refractivity contribution is 6.50. The molecule has 0 spiro atoms. The zero-order chi connectivity index (χ0) is 10.3. The molecule has 0 aromatic heterocycles. The summed E-state index contributed by atoms with van der Waals surface area (Å²) in [6.07, 6.45) is 0. The molecule has 5 N–H and O–H groups in total. The minimum absolute atomic E-state index is 0. The van der Waals surface area contributed by atoms with E-state index >= 15 is 0 Å². The van der Waals surface area contributed by atoms with E-state index in [4.69, 9.17) is 0 Å². The summed E-state index contributed by atoms with van der Waals surface area (Å²) in [7, 11) is 2.03. The second-order valence-electron chi connectivity index (χ2n) is 3.42. The Bertz CT molecular complexity index is 355. The minimum Gasteiger partial charge on any atom is -0.412 e. The molecule has 0 aliphatic rings. The summed E-state index contributed by atoms with van der Waals surface area (Å²) in [4.78, 5) is 0. The number of hydrogen-bond donors (Lipinski definition) is 1. The van der Waals surface area contributed by atoms with E-state index in [0.29, 0.717) is 0 Å². The molecule has 3 nitrogen and oxygen atoms in total. The molecule has 2 aromatic carbocycles. The predicted octanol–water partition coefficient (Wildman–Crippen LogP) is 0.0715. The molecule has 0 amide bonds. The molecule has 0 aliphatic carbocycles. The molecular formula is C13H17BNO2. The summed E-state index contributed by atoms with van der Waals surface area (Å²) in [5.74, 6) is 0. The maximum Gasteiger partial charge on any atom is 0.244 e. The van der Waals surface area contributed by atoms with Crippen molar-refractivity contribution in [2.45, 2.75) is 6.54 Å². The molecule has 0 aliphatic heterocycles. The highest BCUT2D eigenvalue weighted by Gasteiger charge is 1.94. The van der Waals surface area contributed by atoms with Crippen molar-refractivity contribution < 1.29 is 11.0 Å². The van der Waals surface area contributed by atoms with Crippen LogP contribution in [-0.2, 0) is 6.54 Å². The smallest absolute Gasteiger partial charge is 0.244 e. The Kier molecular flexibility index (Phi) is 7.72. The van der Waals surface area contributed by atoms with Crippen LogP contribution in [0.1, 0.15) is 5.56 Å². The van der Waals surface area contributed by atoms with E-state index in [2.05, 4.69) is 41.6 Å². The number of rotatable bonds is 4. The average Bonchev–Trinajstić information content (AvgIpc) is 2.32. The van der Waals surface area contributed by atoms with Gasteiger partial charge in [0, 0.05) is 6.54 Å². The van der Waals surface area contributed by atoms with E-state index in [1.807, 2.05) is 31.7 Å². The Balaban J connectivity index is 0.00000128. The summed E-state index contributed by atoms with van der Waals surface area (Å²) in [6.45, 7) is 0.871. The summed E-state index contributed by atoms with van der Waals surface area (Å²) >= 11 is 0. The average molecular weight is 230 g/mol. The molecule has 2 rings (SSSR count). The van der Waals surface area contributed by atoms with Crippen molar-refractivity contribution in [3.05, 3.63) is 66.2 Å². The third-order valence-corrected chi connectivity index (χ3v) is 2.22. The Hall–Kier alpha value is -1.62. The Morgan fingerprint density at radius 3 is 1.88 bits per heavy atom. The van der Waals surface area contributed by atoms with Crippen molar-refractivity contribution in [2.24, 2.45) is 0 Å². The first-order valence-electron chi connectivity index (χ1n) is 5.11. The first-order chi connectivity index (χ1) is 7.45. The molecular weight excluding hydrogens is 213 g/mol. The van der Waals surface area contributed by atoms with Gasteiger partial charge in [0.1, 0.15) is 0 Å². The topological polar surface area (TPSA) is 75.0 Å². The maximum atomic E-state index is 3.29. The molecule has 0 heterocycles. The molecule has 17 heavy (non-hydrogen) atoms. The summed E-state index contributed by atoms with van der Waals surface area (Å²) < 4.78 is 0. The SMILES string of the molecule is O.O.[B](NCc1ccccc1)c1ccccc1.